The molecule has 0 radical (unpaired) electrons. The van der Waals surface area contributed by atoms with Gasteiger partial charge in [0.1, 0.15) is 17.6 Å². The summed E-state index contributed by atoms with van der Waals surface area (Å²) in [7, 11) is 1.54. The van der Waals surface area contributed by atoms with Gasteiger partial charge in [0.2, 0.25) is 11.8 Å². The van der Waals surface area contributed by atoms with Gasteiger partial charge >= 0.3 is 6.61 Å². The van der Waals surface area contributed by atoms with E-state index in [0.29, 0.717) is 29.8 Å². The lowest BCUT2D eigenvalue weighted by molar-refractivity contribution is -0.136. The van der Waals surface area contributed by atoms with E-state index in [1.54, 1.807) is 12.1 Å². The number of carbonyl (C=O) groups excluding carboxylic acids is 3. The predicted octanol–water partition coefficient (Wildman–Crippen LogP) is 4.91. The van der Waals surface area contributed by atoms with Crippen molar-refractivity contribution in [2.24, 2.45) is 5.92 Å². The number of ether oxygens (including phenoxy) is 2. The van der Waals surface area contributed by atoms with E-state index in [-0.39, 0.29) is 54.4 Å². The van der Waals surface area contributed by atoms with E-state index in [0.717, 1.165) is 0 Å². The van der Waals surface area contributed by atoms with Gasteiger partial charge in [-0.1, -0.05) is 12.1 Å². The van der Waals surface area contributed by atoms with Crippen LogP contribution in [0.25, 0.3) is 0 Å². The van der Waals surface area contributed by atoms with Crippen molar-refractivity contribution in [2.45, 2.75) is 51.3 Å². The Kier molecular flexibility index (Phi) is 8.55. The minimum atomic E-state index is -3.14. The van der Waals surface area contributed by atoms with E-state index in [9.17, 15) is 27.6 Å². The second kappa shape index (κ2) is 13.4. The van der Waals surface area contributed by atoms with Crippen molar-refractivity contribution in [3.63, 3.8) is 0 Å². The first-order valence-corrected chi connectivity index (χ1v) is 14.1. The third-order valence-corrected chi connectivity index (χ3v) is 7.56. The Labute approximate surface area is 255 Å². The summed E-state index contributed by atoms with van der Waals surface area (Å²) in [6.45, 7) is -3.74. The van der Waals surface area contributed by atoms with Crippen LogP contribution in [0.5, 0.6) is 11.5 Å². The Hall–Kier alpha value is -4.61. The molecule has 0 spiro atoms. The zero-order valence-corrected chi connectivity index (χ0v) is 24.1. The van der Waals surface area contributed by atoms with E-state index in [2.05, 4.69) is 15.0 Å². The summed E-state index contributed by atoms with van der Waals surface area (Å²) in [5.74, 6) is -2.86. The van der Waals surface area contributed by atoms with Crippen LogP contribution in [-0.2, 0) is 16.1 Å². The summed E-state index contributed by atoms with van der Waals surface area (Å²) < 4.78 is 65.9. The Balaban J connectivity index is 1.27. The number of likely N-dealkylation sites (tertiary alicyclic amines) is 1. The van der Waals surface area contributed by atoms with Crippen molar-refractivity contribution in [1.29, 1.82) is 0 Å². The zero-order chi connectivity index (χ0) is 33.2. The minimum Gasteiger partial charge on any atom is -0.489 e. The largest absolute Gasteiger partial charge is 0.489 e. The van der Waals surface area contributed by atoms with Crippen LogP contribution in [0.15, 0.2) is 60.7 Å². The molecule has 1 saturated heterocycles. The molecule has 1 N–H and O–H groups in total. The van der Waals surface area contributed by atoms with Crippen molar-refractivity contribution >= 4 is 23.4 Å². The summed E-state index contributed by atoms with van der Waals surface area (Å²) >= 11 is 0. The number of nitrogens with zero attached hydrogens (tertiary/aromatic N) is 3. The molecule has 44 heavy (non-hydrogen) atoms. The van der Waals surface area contributed by atoms with Gasteiger partial charge < -0.3 is 24.6 Å². The third kappa shape index (κ3) is 7.47. The van der Waals surface area contributed by atoms with Crippen LogP contribution in [0.2, 0.25) is 0 Å². The Morgan fingerprint density at radius 2 is 1.86 bits per heavy atom. The summed E-state index contributed by atoms with van der Waals surface area (Å²) in [6, 6.07) is 13.6. The highest BCUT2D eigenvalue weighted by atomic mass is 19.3. The summed E-state index contributed by atoms with van der Waals surface area (Å²) in [4.78, 5) is 46.0. The van der Waals surface area contributed by atoms with Gasteiger partial charge in [-0.3, -0.25) is 14.4 Å². The molecule has 0 bridgehead atoms. The van der Waals surface area contributed by atoms with Gasteiger partial charge in [0.15, 0.2) is 11.5 Å². The number of carbonyl (C=O) groups is 3. The lowest BCUT2D eigenvalue weighted by Gasteiger charge is -2.22. The molecule has 1 saturated carbocycles. The van der Waals surface area contributed by atoms with Crippen molar-refractivity contribution in [3.05, 3.63) is 83.4 Å². The summed E-state index contributed by atoms with van der Waals surface area (Å²) in [6.07, 6.45) is 1.45. The standard InChI is InChI=1S/C32H33F3N4O5/c1-19(40)39-17-22(21-8-13-28(44-32(34)35)29(15-21)43-18-20-6-7-20)14-27(39)30(41)36-16-24-4-3-5-26(37-24)31(42)38(2)25-11-9-23(33)10-12-25/h3-5,8-13,15,20,22,27,32H,6-7,14,16-18H2,1-2H3,(H,36,41)/t22?,27-/m1/s1/i18D2. The van der Waals surface area contributed by atoms with Gasteiger partial charge in [-0.05, 0) is 79.3 Å². The van der Waals surface area contributed by atoms with Gasteiger partial charge in [0, 0.05) is 32.1 Å². The molecule has 5 rings (SSSR count). The monoisotopic (exact) mass is 612 g/mol. The van der Waals surface area contributed by atoms with E-state index in [4.69, 9.17) is 7.48 Å². The third-order valence-electron chi connectivity index (χ3n) is 7.56. The first-order valence-electron chi connectivity index (χ1n) is 15.1. The average Bonchev–Trinajstić information content (AvgIpc) is 3.79. The highest BCUT2D eigenvalue weighted by molar-refractivity contribution is 6.04. The fourth-order valence-corrected chi connectivity index (χ4v) is 5.02. The molecule has 2 atom stereocenters. The second-order valence-corrected chi connectivity index (χ2v) is 10.8. The number of aromatic nitrogens is 1. The predicted molar refractivity (Wildman–Crippen MR) is 155 cm³/mol. The Morgan fingerprint density at radius 1 is 1.11 bits per heavy atom. The molecule has 3 aromatic rings. The number of anilines is 1. The number of rotatable bonds is 11. The Bertz CT molecular complexity index is 1610. The van der Waals surface area contributed by atoms with Gasteiger partial charge in [-0.2, -0.15) is 8.78 Å². The molecule has 2 fully saturated rings. The highest BCUT2D eigenvalue weighted by Crippen LogP contribution is 2.39. The molecule has 9 nitrogen and oxygen atoms in total. The first kappa shape index (κ1) is 28.2. The molecule has 1 aromatic heterocycles. The number of benzene rings is 2. The maximum absolute atomic E-state index is 13.3. The number of pyridine rings is 1. The minimum absolute atomic E-state index is 0.0268. The fourth-order valence-electron chi connectivity index (χ4n) is 5.02. The van der Waals surface area contributed by atoms with Gasteiger partial charge in [-0.15, -0.1) is 0 Å². The van der Waals surface area contributed by atoms with Crippen LogP contribution in [0.1, 0.15) is 56.6 Å². The van der Waals surface area contributed by atoms with Crippen molar-refractivity contribution in [2.75, 3.05) is 25.1 Å². The van der Waals surface area contributed by atoms with Crippen LogP contribution in [0, 0.1) is 11.7 Å². The van der Waals surface area contributed by atoms with E-state index < -0.39 is 36.8 Å². The summed E-state index contributed by atoms with van der Waals surface area (Å²) in [5.41, 5.74) is 1.57. The van der Waals surface area contributed by atoms with Crippen LogP contribution >= 0.6 is 0 Å². The van der Waals surface area contributed by atoms with Crippen LogP contribution in [-0.4, -0.2) is 60.4 Å². The lowest BCUT2D eigenvalue weighted by atomic mass is 9.95. The highest BCUT2D eigenvalue weighted by Gasteiger charge is 2.39. The van der Waals surface area contributed by atoms with Gasteiger partial charge in [0.25, 0.3) is 5.91 Å². The zero-order valence-electron chi connectivity index (χ0n) is 26.1. The first-order chi connectivity index (χ1) is 21.8. The molecule has 2 aliphatic rings. The number of halogens is 3. The normalized spacial score (nSPS) is 18.8. The SMILES string of the molecule is [2H]C([2H])(Oc1cc(C2C[C@H](C(=O)NCc3cccc(C(=O)N(C)c4ccc(F)cc4)n3)N(C(C)=O)C2)ccc1OC(F)F)C1CC1. The molecular weight excluding hydrogens is 577 g/mol. The maximum atomic E-state index is 13.3. The number of amides is 3. The van der Waals surface area contributed by atoms with Gasteiger partial charge in [0.05, 0.1) is 21.5 Å². The number of hydrogen-bond donors (Lipinski definition) is 1. The molecular formula is C32H33F3N4O5. The molecule has 3 amide bonds. The lowest BCUT2D eigenvalue weighted by Crippen LogP contribution is -2.45. The summed E-state index contributed by atoms with van der Waals surface area (Å²) in [5, 5.41) is 2.78. The van der Waals surface area contributed by atoms with E-state index in [1.165, 1.54) is 72.3 Å². The van der Waals surface area contributed by atoms with E-state index in [1.807, 2.05) is 0 Å². The Morgan fingerprint density at radius 3 is 2.55 bits per heavy atom. The van der Waals surface area contributed by atoms with E-state index >= 15 is 0 Å². The molecule has 1 aliphatic carbocycles. The van der Waals surface area contributed by atoms with Crippen molar-refractivity contribution in [3.8, 4) is 11.5 Å². The molecule has 12 heteroatoms. The van der Waals surface area contributed by atoms with Crippen molar-refractivity contribution in [1.82, 2.24) is 15.2 Å². The topological polar surface area (TPSA) is 101 Å². The molecule has 232 valence electrons. The van der Waals surface area contributed by atoms with Crippen LogP contribution in [0.4, 0.5) is 18.9 Å². The molecule has 2 heterocycles. The van der Waals surface area contributed by atoms with Crippen molar-refractivity contribution < 1.29 is 39.8 Å². The second-order valence-electron chi connectivity index (χ2n) is 10.8. The van der Waals surface area contributed by atoms with Crippen LogP contribution < -0.4 is 19.7 Å². The number of hydrogen-bond acceptors (Lipinski definition) is 6. The number of alkyl halides is 2. The molecule has 1 unspecified atom stereocenters. The quantitative estimate of drug-likeness (QED) is 0.331. The maximum Gasteiger partial charge on any atom is 0.387 e. The smallest absolute Gasteiger partial charge is 0.387 e. The fraction of sp³-hybridized carbons (Fsp3) is 0.375. The molecule has 2 aromatic carbocycles. The molecule has 1 aliphatic heterocycles. The number of nitrogens with one attached hydrogen (secondary N) is 1. The average molecular weight is 613 g/mol. The van der Waals surface area contributed by atoms with Gasteiger partial charge in [-0.25, -0.2) is 9.37 Å². The van der Waals surface area contributed by atoms with Crippen LogP contribution in [0.3, 0.4) is 0 Å².